The van der Waals surface area contributed by atoms with Crippen LogP contribution in [0.4, 0.5) is 10.1 Å². The van der Waals surface area contributed by atoms with Crippen LogP contribution < -0.4 is 4.90 Å². The second kappa shape index (κ2) is 12.2. The van der Waals surface area contributed by atoms with E-state index in [-0.39, 0.29) is 41.2 Å². The number of anilines is 1. The third kappa shape index (κ3) is 5.51. The lowest BCUT2D eigenvalue weighted by molar-refractivity contribution is -0.149. The summed E-state index contributed by atoms with van der Waals surface area (Å²) in [5.74, 6) is -1.06. The van der Waals surface area contributed by atoms with Gasteiger partial charge in [0.2, 0.25) is 6.10 Å². The van der Waals surface area contributed by atoms with Gasteiger partial charge >= 0.3 is 0 Å². The molecule has 1 fully saturated rings. The van der Waals surface area contributed by atoms with E-state index in [1.165, 1.54) is 6.07 Å². The zero-order valence-electron chi connectivity index (χ0n) is 23.3. The number of Topliss-reactive ketones (excluding diaryl/α,β-unsaturated/α-hetero) is 1. The summed E-state index contributed by atoms with van der Waals surface area (Å²) in [5.41, 5.74) is 4.31. The number of fused-ring (bicyclic) bond motifs is 1. The number of halogens is 2. The molecule has 0 unspecified atom stereocenters. The summed E-state index contributed by atoms with van der Waals surface area (Å²) in [4.78, 5) is 41.7. The number of methoxy groups -OCH3 is 1. The van der Waals surface area contributed by atoms with Gasteiger partial charge in [0, 0.05) is 63.2 Å². The summed E-state index contributed by atoms with van der Waals surface area (Å²) in [7, 11) is 1.75. The topological polar surface area (TPSA) is 84.3 Å². The number of piperidine rings is 1. The predicted octanol–water partition coefficient (Wildman–Crippen LogP) is 4.92. The third-order valence-electron chi connectivity index (χ3n) is 8.41. The van der Waals surface area contributed by atoms with Crippen LogP contribution in [0.15, 0.2) is 66.1 Å². The number of ether oxygens (including phenoxy) is 1. The van der Waals surface area contributed by atoms with E-state index in [2.05, 4.69) is 21.1 Å². The highest BCUT2D eigenvalue weighted by Gasteiger charge is 2.42. The molecule has 2 atom stereocenters. The zero-order chi connectivity index (χ0) is 29.2. The van der Waals surface area contributed by atoms with Gasteiger partial charge in [-0.2, -0.15) is 0 Å². The first-order valence-electron chi connectivity index (χ1n) is 14.2. The van der Waals surface area contributed by atoms with Crippen molar-refractivity contribution >= 4 is 34.7 Å². The molecule has 1 amide bonds. The number of ketones is 1. The van der Waals surface area contributed by atoms with Crippen LogP contribution in [-0.4, -0.2) is 66.2 Å². The molecular formula is C32H32ClFN4O4. The number of nitrogens with zero attached hydrogens (tertiary/aromatic N) is 4. The molecule has 218 valence electrons. The third-order valence-corrected chi connectivity index (χ3v) is 8.70. The minimum absolute atomic E-state index is 0.0269. The number of pyridine rings is 1. The maximum Gasteiger partial charge on any atom is 0.267 e. The minimum atomic E-state index is -0.968. The standard InChI is InChI=1S/C32H32ClFN4O4/c1-41-21-10-14-37(15-11-21)27-9-3-6-23-22(27)12-16-38(31(23)28(39)17-20-5-4-13-35-19-20)32(40)29-18-26(36-42-29)24-7-2-8-25(33)30(24)34/h2-9,13,19,21,29,31H,10-12,14-18H2,1H3/t29-,31-/m1/s1. The molecule has 10 heteroatoms. The fraction of sp³-hybridized carbons (Fsp3) is 0.375. The molecule has 3 aliphatic heterocycles. The van der Waals surface area contributed by atoms with Gasteiger partial charge in [0.1, 0.15) is 6.04 Å². The van der Waals surface area contributed by atoms with Gasteiger partial charge in [-0.25, -0.2) is 4.39 Å². The minimum Gasteiger partial charge on any atom is -0.382 e. The van der Waals surface area contributed by atoms with Crippen molar-refractivity contribution in [2.75, 3.05) is 31.6 Å². The molecule has 1 saturated heterocycles. The molecule has 2 aromatic carbocycles. The van der Waals surface area contributed by atoms with Crippen molar-refractivity contribution in [1.82, 2.24) is 9.88 Å². The summed E-state index contributed by atoms with van der Waals surface area (Å²) >= 11 is 5.97. The Bertz CT molecular complexity index is 1510. The van der Waals surface area contributed by atoms with E-state index in [9.17, 15) is 14.0 Å². The Labute approximate surface area is 249 Å². The first-order chi connectivity index (χ1) is 20.4. The van der Waals surface area contributed by atoms with E-state index in [1.807, 2.05) is 18.2 Å². The fourth-order valence-corrected chi connectivity index (χ4v) is 6.42. The number of aromatic nitrogens is 1. The number of oxime groups is 1. The molecular weight excluding hydrogens is 559 g/mol. The molecule has 6 rings (SSSR count). The first kappa shape index (κ1) is 28.3. The van der Waals surface area contributed by atoms with Crippen LogP contribution >= 0.6 is 11.6 Å². The van der Waals surface area contributed by atoms with Crippen LogP contribution in [-0.2, 0) is 32.0 Å². The predicted molar refractivity (Wildman–Crippen MR) is 157 cm³/mol. The van der Waals surface area contributed by atoms with Crippen molar-refractivity contribution < 1.29 is 23.6 Å². The average molecular weight is 591 g/mol. The Hall–Kier alpha value is -3.82. The Morgan fingerprint density at radius 2 is 1.90 bits per heavy atom. The normalized spacial score (nSPS) is 20.6. The molecule has 3 aliphatic rings. The van der Waals surface area contributed by atoms with Gasteiger partial charge in [0.25, 0.3) is 5.91 Å². The highest BCUT2D eigenvalue weighted by Crippen LogP contribution is 2.39. The van der Waals surface area contributed by atoms with Crippen molar-refractivity contribution in [3.8, 4) is 0 Å². The number of rotatable bonds is 7. The van der Waals surface area contributed by atoms with Gasteiger partial charge in [-0.05, 0) is 60.2 Å². The van der Waals surface area contributed by atoms with Crippen LogP contribution in [0, 0.1) is 5.82 Å². The number of amides is 1. The van der Waals surface area contributed by atoms with Crippen molar-refractivity contribution in [1.29, 1.82) is 0 Å². The molecule has 0 spiro atoms. The maximum atomic E-state index is 14.7. The van der Waals surface area contributed by atoms with E-state index >= 15 is 0 Å². The lowest BCUT2D eigenvalue weighted by atomic mass is 9.86. The smallest absolute Gasteiger partial charge is 0.267 e. The van der Waals surface area contributed by atoms with Crippen LogP contribution in [0.2, 0.25) is 5.02 Å². The van der Waals surface area contributed by atoms with Gasteiger partial charge in [0.15, 0.2) is 11.6 Å². The molecule has 0 N–H and O–H groups in total. The van der Waals surface area contributed by atoms with E-state index in [1.54, 1.807) is 42.6 Å². The van der Waals surface area contributed by atoms with E-state index in [0.29, 0.717) is 18.7 Å². The van der Waals surface area contributed by atoms with Crippen LogP contribution in [0.3, 0.4) is 0 Å². The van der Waals surface area contributed by atoms with Crippen molar-refractivity contribution in [3.05, 3.63) is 94.0 Å². The zero-order valence-corrected chi connectivity index (χ0v) is 24.1. The summed E-state index contributed by atoms with van der Waals surface area (Å²) in [6, 6.07) is 13.5. The largest absolute Gasteiger partial charge is 0.382 e. The van der Waals surface area contributed by atoms with Crippen LogP contribution in [0.1, 0.15) is 47.6 Å². The number of carbonyl (C=O) groups excluding carboxylic acids is 2. The molecule has 8 nitrogen and oxygen atoms in total. The molecule has 4 heterocycles. The van der Waals surface area contributed by atoms with Gasteiger partial charge < -0.3 is 19.4 Å². The van der Waals surface area contributed by atoms with Crippen LogP contribution in [0.5, 0.6) is 0 Å². The highest BCUT2D eigenvalue weighted by atomic mass is 35.5. The SMILES string of the molecule is COC1CCN(c2cccc3c2CCN(C(=O)[C@H]2CC(c4cccc(Cl)c4F)=NO2)[C@H]3C(=O)Cc2cccnc2)CC1. The van der Waals surface area contributed by atoms with E-state index < -0.39 is 18.0 Å². The van der Waals surface area contributed by atoms with Gasteiger partial charge in [-0.1, -0.05) is 41.0 Å². The Kier molecular flexibility index (Phi) is 8.22. The van der Waals surface area contributed by atoms with Crippen molar-refractivity contribution in [3.63, 3.8) is 0 Å². The second-order valence-corrected chi connectivity index (χ2v) is 11.3. The molecule has 1 aromatic heterocycles. The average Bonchev–Trinajstić information content (AvgIpc) is 3.52. The van der Waals surface area contributed by atoms with Crippen LogP contribution in [0.25, 0.3) is 0 Å². The van der Waals surface area contributed by atoms with Crippen molar-refractivity contribution in [2.45, 2.75) is 50.4 Å². The van der Waals surface area contributed by atoms with Gasteiger partial charge in [0.05, 0.1) is 16.8 Å². The van der Waals surface area contributed by atoms with Crippen molar-refractivity contribution in [2.24, 2.45) is 5.16 Å². The van der Waals surface area contributed by atoms with Gasteiger partial charge in [-0.15, -0.1) is 0 Å². The summed E-state index contributed by atoms with van der Waals surface area (Å²) < 4.78 is 20.2. The lowest BCUT2D eigenvalue weighted by Crippen LogP contribution is -2.48. The molecule has 0 bridgehead atoms. The first-order valence-corrected chi connectivity index (χ1v) is 14.6. The number of hydrogen-bond acceptors (Lipinski definition) is 7. The summed E-state index contributed by atoms with van der Waals surface area (Å²) in [6.45, 7) is 2.07. The summed E-state index contributed by atoms with van der Waals surface area (Å²) in [6.07, 6.45) is 5.29. The number of carbonyl (C=O) groups is 2. The second-order valence-electron chi connectivity index (χ2n) is 10.9. The summed E-state index contributed by atoms with van der Waals surface area (Å²) in [5, 5.41) is 4.01. The molecule has 0 radical (unpaired) electrons. The maximum absolute atomic E-state index is 14.7. The van der Waals surface area contributed by atoms with Gasteiger partial charge in [-0.3, -0.25) is 14.6 Å². The molecule has 3 aromatic rings. The number of hydrogen-bond donors (Lipinski definition) is 0. The Morgan fingerprint density at radius 1 is 1.10 bits per heavy atom. The fourth-order valence-electron chi connectivity index (χ4n) is 6.24. The van der Waals surface area contributed by atoms with E-state index in [0.717, 1.165) is 48.3 Å². The lowest BCUT2D eigenvalue weighted by Gasteiger charge is -2.40. The Morgan fingerprint density at radius 3 is 2.67 bits per heavy atom. The number of benzene rings is 2. The highest BCUT2D eigenvalue weighted by molar-refractivity contribution is 6.31. The monoisotopic (exact) mass is 590 g/mol. The van der Waals surface area contributed by atoms with E-state index in [4.69, 9.17) is 21.2 Å². The molecule has 42 heavy (non-hydrogen) atoms. The quantitative estimate of drug-likeness (QED) is 0.388. The molecule has 0 saturated carbocycles. The Balaban J connectivity index is 1.29. The molecule has 0 aliphatic carbocycles.